The Morgan fingerprint density at radius 2 is 1.77 bits per heavy atom. The first kappa shape index (κ1) is 19.6. The van der Waals surface area contributed by atoms with Gasteiger partial charge in [-0.1, -0.05) is 39.0 Å². The molecule has 3 aromatic heterocycles. The first-order valence-electron chi connectivity index (χ1n) is 9.72. The maximum Gasteiger partial charge on any atom is 0.329 e. The molecule has 1 amide bonds. The number of aromatic nitrogens is 5. The van der Waals surface area contributed by atoms with Crippen molar-refractivity contribution in [2.75, 3.05) is 5.32 Å². The van der Waals surface area contributed by atoms with Crippen molar-refractivity contribution in [1.82, 2.24) is 23.9 Å². The number of imidazole rings is 1. The average Bonchev–Trinajstić information content (AvgIpc) is 3.24. The van der Waals surface area contributed by atoms with Crippen LogP contribution in [-0.4, -0.2) is 29.8 Å². The minimum atomic E-state index is -0.314. The molecule has 0 atom stereocenters. The van der Waals surface area contributed by atoms with E-state index in [1.165, 1.54) is 4.57 Å². The summed E-state index contributed by atoms with van der Waals surface area (Å²) < 4.78 is 4.62. The molecule has 30 heavy (non-hydrogen) atoms. The molecule has 8 nitrogen and oxygen atoms in total. The summed E-state index contributed by atoms with van der Waals surface area (Å²) in [4.78, 5) is 29.9. The van der Waals surface area contributed by atoms with Gasteiger partial charge in [-0.3, -0.25) is 13.9 Å². The quantitative estimate of drug-likeness (QED) is 0.567. The van der Waals surface area contributed by atoms with Crippen LogP contribution in [0.1, 0.15) is 26.5 Å². The van der Waals surface area contributed by atoms with Gasteiger partial charge in [0.2, 0.25) is 5.91 Å². The lowest BCUT2D eigenvalue weighted by atomic mass is 9.92. The number of benzene rings is 1. The number of carbonyl (C=O) groups is 1. The number of fused-ring (bicyclic) bond motifs is 1. The van der Waals surface area contributed by atoms with Crippen LogP contribution in [0.3, 0.4) is 0 Å². The zero-order valence-corrected chi connectivity index (χ0v) is 17.5. The highest BCUT2D eigenvalue weighted by atomic mass is 16.2. The summed E-state index contributed by atoms with van der Waals surface area (Å²) >= 11 is 0. The van der Waals surface area contributed by atoms with Gasteiger partial charge in [0.1, 0.15) is 12.4 Å². The molecular weight excluding hydrogens is 380 g/mol. The first-order chi connectivity index (χ1) is 14.3. The summed E-state index contributed by atoms with van der Waals surface area (Å²) in [6.45, 7) is 6.07. The molecule has 0 fully saturated rings. The number of carbonyl (C=O) groups excluding carboxylic acids is 1. The number of para-hydroxylation sites is 2. The van der Waals surface area contributed by atoms with Crippen LogP contribution in [0, 0.1) is 0 Å². The zero-order chi connectivity index (χ0) is 21.5. The van der Waals surface area contributed by atoms with Gasteiger partial charge < -0.3 is 5.32 Å². The smallest absolute Gasteiger partial charge is 0.309 e. The highest BCUT2D eigenvalue weighted by Gasteiger charge is 2.22. The van der Waals surface area contributed by atoms with E-state index in [1.54, 1.807) is 22.5 Å². The summed E-state index contributed by atoms with van der Waals surface area (Å²) in [6.07, 6.45) is 1.68. The van der Waals surface area contributed by atoms with Crippen molar-refractivity contribution in [3.63, 3.8) is 0 Å². The number of amides is 1. The predicted molar refractivity (Wildman–Crippen MR) is 116 cm³/mol. The molecule has 0 aliphatic rings. The monoisotopic (exact) mass is 404 g/mol. The van der Waals surface area contributed by atoms with Gasteiger partial charge in [0, 0.05) is 24.7 Å². The Balaban J connectivity index is 1.68. The molecule has 1 aromatic carbocycles. The number of nitrogens with one attached hydrogen (secondary N) is 1. The van der Waals surface area contributed by atoms with Gasteiger partial charge in [-0.05, 0) is 24.3 Å². The summed E-state index contributed by atoms with van der Waals surface area (Å²) in [6, 6.07) is 14.8. The van der Waals surface area contributed by atoms with Crippen LogP contribution in [0.5, 0.6) is 0 Å². The second-order valence-corrected chi connectivity index (χ2v) is 8.23. The highest BCUT2D eigenvalue weighted by Crippen LogP contribution is 2.25. The molecule has 0 bridgehead atoms. The number of anilines is 1. The number of hydrogen-bond acceptors (Lipinski definition) is 4. The second-order valence-electron chi connectivity index (χ2n) is 8.23. The highest BCUT2D eigenvalue weighted by molar-refractivity contribution is 5.91. The maximum atomic E-state index is 12.9. The zero-order valence-electron chi connectivity index (χ0n) is 17.5. The summed E-state index contributed by atoms with van der Waals surface area (Å²) in [5, 5.41) is 7.55. The van der Waals surface area contributed by atoms with Gasteiger partial charge in [-0.2, -0.15) is 9.78 Å². The molecule has 0 saturated carbocycles. The summed E-state index contributed by atoms with van der Waals surface area (Å²) in [5.74, 6) is 0.800. The lowest BCUT2D eigenvalue weighted by Crippen LogP contribution is -2.29. The molecule has 3 heterocycles. The molecule has 0 radical (unpaired) electrons. The van der Waals surface area contributed by atoms with E-state index in [2.05, 4.69) is 36.2 Å². The van der Waals surface area contributed by atoms with Gasteiger partial charge in [0.25, 0.3) is 0 Å². The van der Waals surface area contributed by atoms with Gasteiger partial charge >= 0.3 is 5.69 Å². The number of pyridine rings is 1. The van der Waals surface area contributed by atoms with E-state index in [9.17, 15) is 9.59 Å². The van der Waals surface area contributed by atoms with Gasteiger partial charge in [0.05, 0.1) is 16.7 Å². The third kappa shape index (κ3) is 3.52. The lowest BCUT2D eigenvalue weighted by Gasteiger charge is -2.13. The minimum absolute atomic E-state index is 0.0988. The van der Waals surface area contributed by atoms with Crippen LogP contribution >= 0.6 is 0 Å². The molecular formula is C22H24N6O2. The third-order valence-electron chi connectivity index (χ3n) is 4.96. The van der Waals surface area contributed by atoms with Crippen molar-refractivity contribution >= 4 is 22.8 Å². The number of aryl methyl sites for hydroxylation is 1. The predicted octanol–water partition coefficient (Wildman–Crippen LogP) is 2.86. The van der Waals surface area contributed by atoms with Gasteiger partial charge in [-0.25, -0.2) is 9.78 Å². The third-order valence-corrected chi connectivity index (χ3v) is 4.96. The Morgan fingerprint density at radius 1 is 1.07 bits per heavy atom. The normalized spacial score (nSPS) is 11.7. The largest absolute Gasteiger partial charge is 0.329 e. The van der Waals surface area contributed by atoms with Crippen molar-refractivity contribution in [2.45, 2.75) is 32.7 Å². The Morgan fingerprint density at radius 3 is 2.43 bits per heavy atom. The van der Waals surface area contributed by atoms with Gasteiger partial charge in [-0.15, -0.1) is 0 Å². The van der Waals surface area contributed by atoms with Crippen LogP contribution in [0.15, 0.2) is 59.5 Å². The molecule has 0 unspecified atom stereocenters. The molecule has 0 spiro atoms. The number of rotatable bonds is 4. The Labute approximate surface area is 173 Å². The maximum absolute atomic E-state index is 12.9. The second kappa shape index (κ2) is 7.29. The Kier molecular flexibility index (Phi) is 4.77. The summed E-state index contributed by atoms with van der Waals surface area (Å²) in [5.41, 5.74) is 1.88. The minimum Gasteiger partial charge on any atom is -0.309 e. The summed E-state index contributed by atoms with van der Waals surface area (Å²) in [7, 11) is 1.70. The van der Waals surface area contributed by atoms with E-state index in [0.717, 1.165) is 11.2 Å². The first-order valence-corrected chi connectivity index (χ1v) is 9.72. The van der Waals surface area contributed by atoms with Crippen LogP contribution < -0.4 is 11.0 Å². The van der Waals surface area contributed by atoms with E-state index < -0.39 is 0 Å². The SMILES string of the molecule is Cn1c(=O)n(CC(=O)Nc2cc(C(C)(C)C)nn2-c2ccccn2)c2ccccc21. The van der Waals surface area contributed by atoms with Crippen LogP contribution in [0.4, 0.5) is 5.82 Å². The van der Waals surface area contributed by atoms with Crippen molar-refractivity contribution < 1.29 is 4.79 Å². The molecule has 4 aromatic rings. The topological polar surface area (TPSA) is 86.7 Å². The Hall–Kier alpha value is -3.68. The molecule has 154 valence electrons. The van der Waals surface area contributed by atoms with E-state index in [0.29, 0.717) is 17.2 Å². The van der Waals surface area contributed by atoms with E-state index in [-0.39, 0.29) is 23.6 Å². The molecule has 0 aliphatic carbocycles. The fourth-order valence-electron chi connectivity index (χ4n) is 3.33. The number of nitrogens with zero attached hydrogens (tertiary/aromatic N) is 5. The van der Waals surface area contributed by atoms with Crippen LogP contribution in [-0.2, 0) is 23.8 Å². The molecule has 4 rings (SSSR count). The van der Waals surface area contributed by atoms with Crippen molar-refractivity contribution in [3.05, 3.63) is 70.9 Å². The van der Waals surface area contributed by atoms with Crippen molar-refractivity contribution in [2.24, 2.45) is 7.05 Å². The van der Waals surface area contributed by atoms with Crippen LogP contribution in [0.2, 0.25) is 0 Å². The van der Waals surface area contributed by atoms with Crippen LogP contribution in [0.25, 0.3) is 16.9 Å². The van der Waals surface area contributed by atoms with E-state index >= 15 is 0 Å². The molecule has 0 saturated heterocycles. The lowest BCUT2D eigenvalue weighted by molar-refractivity contribution is -0.116. The fourth-order valence-corrected chi connectivity index (χ4v) is 3.33. The standard InChI is InChI=1S/C22H24N6O2/c1-22(2,3)17-13-19(28(25-17)18-11-7-8-12-23-18)24-20(29)14-27-16-10-6-5-9-15(16)26(4)21(27)30/h5-13H,14H2,1-4H3,(H,24,29). The molecule has 1 N–H and O–H groups in total. The average molecular weight is 404 g/mol. The molecule has 0 aliphatic heterocycles. The van der Waals surface area contributed by atoms with E-state index in [1.807, 2.05) is 48.5 Å². The van der Waals surface area contributed by atoms with Crippen molar-refractivity contribution in [1.29, 1.82) is 0 Å². The van der Waals surface area contributed by atoms with E-state index in [4.69, 9.17) is 0 Å². The fraction of sp³-hybridized carbons (Fsp3) is 0.273. The molecule has 8 heteroatoms. The van der Waals surface area contributed by atoms with Gasteiger partial charge in [0.15, 0.2) is 5.82 Å². The Bertz CT molecular complexity index is 1270. The van der Waals surface area contributed by atoms with Crippen molar-refractivity contribution in [3.8, 4) is 5.82 Å². The number of hydrogen-bond donors (Lipinski definition) is 1.